The highest BCUT2D eigenvalue weighted by Crippen LogP contribution is 2.30. The second-order valence-corrected chi connectivity index (χ2v) is 8.94. The zero-order valence-corrected chi connectivity index (χ0v) is 19.6. The first-order chi connectivity index (χ1) is 16.4. The van der Waals surface area contributed by atoms with Gasteiger partial charge in [-0.3, -0.25) is 18.9 Å². The number of pyridine rings is 1. The SMILES string of the molecule is CN(C(=O)COc1ccc(NS(=O)[O-])c2ncccc12)[C@H](CN1CC[C@H](O)C1)c1ccccc1. The summed E-state index contributed by atoms with van der Waals surface area (Å²) in [7, 11) is 1.76. The number of likely N-dealkylation sites (tertiary alicyclic amines) is 1. The van der Waals surface area contributed by atoms with Crippen LogP contribution in [0.4, 0.5) is 5.69 Å². The van der Waals surface area contributed by atoms with E-state index in [0.29, 0.717) is 35.4 Å². The summed E-state index contributed by atoms with van der Waals surface area (Å²) in [6.07, 6.45) is 1.96. The Kier molecular flexibility index (Phi) is 7.73. The summed E-state index contributed by atoms with van der Waals surface area (Å²) in [5.41, 5.74) is 1.77. The molecule has 9 nitrogen and oxygen atoms in total. The largest absolute Gasteiger partial charge is 0.755 e. The van der Waals surface area contributed by atoms with Crippen molar-refractivity contribution in [1.29, 1.82) is 0 Å². The number of rotatable bonds is 9. The lowest BCUT2D eigenvalue weighted by Crippen LogP contribution is -2.40. The first kappa shape index (κ1) is 24.1. The maximum absolute atomic E-state index is 13.1. The molecule has 10 heteroatoms. The van der Waals surface area contributed by atoms with Gasteiger partial charge in [0.1, 0.15) is 5.75 Å². The van der Waals surface area contributed by atoms with Crippen LogP contribution < -0.4 is 9.46 Å². The molecule has 3 aromatic rings. The number of ether oxygens (including phenoxy) is 1. The van der Waals surface area contributed by atoms with Crippen LogP contribution in [0.25, 0.3) is 10.9 Å². The third kappa shape index (κ3) is 5.71. The zero-order valence-electron chi connectivity index (χ0n) is 18.8. The highest BCUT2D eigenvalue weighted by Gasteiger charge is 2.28. The summed E-state index contributed by atoms with van der Waals surface area (Å²) in [5, 5.41) is 10.5. The van der Waals surface area contributed by atoms with E-state index >= 15 is 0 Å². The van der Waals surface area contributed by atoms with Gasteiger partial charge in [-0.2, -0.15) is 0 Å². The molecule has 1 amide bonds. The monoisotopic (exact) mass is 483 g/mol. The number of anilines is 1. The fourth-order valence-corrected chi connectivity index (χ4v) is 4.55. The van der Waals surface area contributed by atoms with Crippen LogP contribution in [0.5, 0.6) is 5.75 Å². The van der Waals surface area contributed by atoms with E-state index in [1.807, 2.05) is 30.3 Å². The minimum absolute atomic E-state index is 0.188. The number of benzene rings is 2. The van der Waals surface area contributed by atoms with Gasteiger partial charge >= 0.3 is 0 Å². The number of hydrogen-bond donors (Lipinski definition) is 2. The van der Waals surface area contributed by atoms with Crippen LogP contribution in [0.15, 0.2) is 60.8 Å². The number of aliphatic hydroxyl groups excluding tert-OH is 1. The molecule has 2 heterocycles. The predicted octanol–water partition coefficient (Wildman–Crippen LogP) is 2.09. The van der Waals surface area contributed by atoms with E-state index in [1.54, 1.807) is 42.4 Å². The van der Waals surface area contributed by atoms with Crippen LogP contribution in [0.2, 0.25) is 0 Å². The molecule has 2 aromatic carbocycles. The first-order valence-electron chi connectivity index (χ1n) is 11.0. The quantitative estimate of drug-likeness (QED) is 0.448. The number of nitrogens with one attached hydrogen (secondary N) is 1. The van der Waals surface area contributed by atoms with Gasteiger partial charge in [0, 0.05) is 49.5 Å². The van der Waals surface area contributed by atoms with Crippen molar-refractivity contribution in [2.24, 2.45) is 0 Å². The summed E-state index contributed by atoms with van der Waals surface area (Å²) in [4.78, 5) is 21.2. The molecule has 1 unspecified atom stereocenters. The number of likely N-dealkylation sites (N-methyl/N-ethyl adjacent to an activating group) is 1. The van der Waals surface area contributed by atoms with E-state index in [-0.39, 0.29) is 24.7 Å². The number of carbonyl (C=O) groups excluding carboxylic acids is 1. The van der Waals surface area contributed by atoms with Gasteiger partial charge in [0.2, 0.25) is 0 Å². The Hall–Kier alpha value is -3.05. The molecule has 1 aromatic heterocycles. The number of fused-ring (bicyclic) bond motifs is 1. The molecule has 1 saturated heterocycles. The molecule has 3 atom stereocenters. The molecule has 1 aliphatic heterocycles. The topological polar surface area (TPSA) is 118 Å². The Morgan fingerprint density at radius 3 is 2.79 bits per heavy atom. The van der Waals surface area contributed by atoms with E-state index in [9.17, 15) is 18.7 Å². The fraction of sp³-hybridized carbons (Fsp3) is 0.333. The van der Waals surface area contributed by atoms with Crippen LogP contribution >= 0.6 is 0 Å². The van der Waals surface area contributed by atoms with Gasteiger partial charge in [-0.1, -0.05) is 30.3 Å². The molecule has 180 valence electrons. The molecular formula is C24H27N4O5S-. The highest BCUT2D eigenvalue weighted by molar-refractivity contribution is 7.80. The average molecular weight is 484 g/mol. The number of carbonyl (C=O) groups is 1. The smallest absolute Gasteiger partial charge is 0.260 e. The number of β-amino-alcohol motifs (C(OH)–C–C–N with tert-alkyl or cyclic N) is 1. The Bertz CT molecular complexity index is 1160. The summed E-state index contributed by atoms with van der Waals surface area (Å²) in [6.45, 7) is 1.81. The lowest BCUT2D eigenvalue weighted by Gasteiger charge is -2.32. The van der Waals surface area contributed by atoms with Crippen molar-refractivity contribution in [3.63, 3.8) is 0 Å². The van der Waals surface area contributed by atoms with Crippen LogP contribution in [0.3, 0.4) is 0 Å². The Balaban J connectivity index is 1.50. The van der Waals surface area contributed by atoms with E-state index in [1.165, 1.54) is 0 Å². The molecule has 1 fully saturated rings. The molecule has 0 spiro atoms. The van der Waals surface area contributed by atoms with Gasteiger partial charge in [0.25, 0.3) is 5.91 Å². The van der Waals surface area contributed by atoms with Crippen molar-refractivity contribution in [2.45, 2.75) is 18.6 Å². The van der Waals surface area contributed by atoms with Crippen molar-refractivity contribution in [2.75, 3.05) is 38.0 Å². The van der Waals surface area contributed by atoms with E-state index in [2.05, 4.69) is 14.6 Å². The van der Waals surface area contributed by atoms with Crippen molar-refractivity contribution in [3.05, 3.63) is 66.4 Å². The van der Waals surface area contributed by atoms with E-state index in [4.69, 9.17) is 4.74 Å². The van der Waals surface area contributed by atoms with Crippen LogP contribution in [0, 0.1) is 0 Å². The van der Waals surface area contributed by atoms with E-state index < -0.39 is 11.3 Å². The van der Waals surface area contributed by atoms with Crippen LogP contribution in [-0.2, 0) is 16.1 Å². The second-order valence-electron chi connectivity index (χ2n) is 8.27. The third-order valence-electron chi connectivity index (χ3n) is 6.00. The van der Waals surface area contributed by atoms with Crippen molar-refractivity contribution >= 4 is 33.8 Å². The van der Waals surface area contributed by atoms with Gasteiger partial charge in [-0.25, -0.2) is 0 Å². The number of aliphatic hydroxyl groups is 1. The molecule has 0 radical (unpaired) electrons. The summed E-state index contributed by atoms with van der Waals surface area (Å²) >= 11 is -2.49. The van der Waals surface area contributed by atoms with Gasteiger partial charge in [0.15, 0.2) is 6.61 Å². The lowest BCUT2D eigenvalue weighted by molar-refractivity contribution is -0.134. The Morgan fingerprint density at radius 1 is 1.29 bits per heavy atom. The molecule has 2 N–H and O–H groups in total. The van der Waals surface area contributed by atoms with Crippen LogP contribution in [0.1, 0.15) is 18.0 Å². The van der Waals surface area contributed by atoms with Gasteiger partial charge in [-0.05, 0) is 36.2 Å². The molecule has 34 heavy (non-hydrogen) atoms. The van der Waals surface area contributed by atoms with Crippen LogP contribution in [-0.4, -0.2) is 74.0 Å². The number of amides is 1. The highest BCUT2D eigenvalue weighted by atomic mass is 32.2. The molecule has 0 aliphatic carbocycles. The summed E-state index contributed by atoms with van der Waals surface area (Å²) < 4.78 is 30.3. The average Bonchev–Trinajstić information content (AvgIpc) is 3.26. The molecular weight excluding hydrogens is 456 g/mol. The normalized spacial score (nSPS) is 17.9. The number of nitrogens with zero attached hydrogens (tertiary/aromatic N) is 3. The maximum atomic E-state index is 13.1. The van der Waals surface area contributed by atoms with Crippen molar-refractivity contribution in [1.82, 2.24) is 14.8 Å². The standard InChI is InChI=1S/C24H28N4O5S/c1-27(21(17-6-3-2-4-7-17)15-28-13-11-18(29)14-28)23(30)16-33-22-10-9-20(26-34(31)32)24-19(22)8-5-12-25-24/h2-10,12,18,21,26,29H,11,13-16H2,1H3,(H,31,32)/p-1/t18-,21+/m0/s1. The Labute approximate surface area is 200 Å². The maximum Gasteiger partial charge on any atom is 0.260 e. The second kappa shape index (κ2) is 10.9. The Morgan fingerprint density at radius 2 is 2.09 bits per heavy atom. The predicted molar refractivity (Wildman–Crippen MR) is 129 cm³/mol. The fourth-order valence-electron chi connectivity index (χ4n) is 4.21. The minimum Gasteiger partial charge on any atom is -0.755 e. The number of aromatic nitrogens is 1. The summed E-state index contributed by atoms with van der Waals surface area (Å²) in [5.74, 6) is 0.236. The van der Waals surface area contributed by atoms with Crippen molar-refractivity contribution in [3.8, 4) is 5.75 Å². The lowest BCUT2D eigenvalue weighted by atomic mass is 10.0. The molecule has 1 aliphatic rings. The molecule has 0 saturated carbocycles. The first-order valence-corrected chi connectivity index (χ1v) is 12.1. The van der Waals surface area contributed by atoms with Gasteiger partial charge < -0.3 is 24.0 Å². The van der Waals surface area contributed by atoms with Crippen molar-refractivity contribution < 1.29 is 23.4 Å². The number of hydrogen-bond acceptors (Lipinski definition) is 7. The van der Waals surface area contributed by atoms with E-state index in [0.717, 1.165) is 18.5 Å². The summed E-state index contributed by atoms with van der Waals surface area (Å²) in [6, 6.07) is 16.3. The molecule has 4 rings (SSSR count). The van der Waals surface area contributed by atoms with Gasteiger partial charge in [-0.15, -0.1) is 0 Å². The minimum atomic E-state index is -2.49. The third-order valence-corrected chi connectivity index (χ3v) is 6.38. The zero-order chi connectivity index (χ0) is 24.1. The van der Waals surface area contributed by atoms with Gasteiger partial charge in [0.05, 0.1) is 23.3 Å². The molecule has 0 bridgehead atoms.